The van der Waals surface area contributed by atoms with Crippen molar-refractivity contribution in [1.29, 1.82) is 0 Å². The molecule has 0 radical (unpaired) electrons. The monoisotopic (exact) mass is 315 g/mol. The minimum Gasteiger partial charge on any atom is -0.338 e. The fraction of sp³-hybridized carbons (Fsp3) is 0.273. The normalized spacial score (nSPS) is 11.5. The zero-order valence-corrected chi connectivity index (χ0v) is 12.5. The van der Waals surface area contributed by atoms with Gasteiger partial charge in [-0.1, -0.05) is 11.2 Å². The molecule has 2 heterocycles. The number of aromatic nitrogens is 1. The largest absolute Gasteiger partial charge is 0.338 e. The van der Waals surface area contributed by atoms with Crippen molar-refractivity contribution < 1.29 is 17.7 Å². The van der Waals surface area contributed by atoms with Crippen LogP contribution in [0.3, 0.4) is 0 Å². The average Bonchev–Trinajstić information content (AvgIpc) is 3.03. The highest BCUT2D eigenvalue weighted by Crippen LogP contribution is 2.17. The van der Waals surface area contributed by atoms with E-state index in [1.165, 1.54) is 6.07 Å². The van der Waals surface area contributed by atoms with Crippen molar-refractivity contribution in [1.82, 2.24) is 9.88 Å². The highest BCUT2D eigenvalue weighted by molar-refractivity contribution is 7.91. The van der Waals surface area contributed by atoms with E-state index < -0.39 is 15.9 Å². The van der Waals surface area contributed by atoms with Crippen molar-refractivity contribution in [3.63, 3.8) is 0 Å². The summed E-state index contributed by atoms with van der Waals surface area (Å²) in [6.07, 6.45) is 0. The second-order valence-electron chi connectivity index (χ2n) is 4.03. The van der Waals surface area contributed by atoms with Crippen LogP contribution in [0, 0.1) is 13.8 Å². The molecule has 7 nitrogen and oxygen atoms in total. The molecular weight excluding hydrogens is 302 g/mol. The van der Waals surface area contributed by atoms with Crippen molar-refractivity contribution in [3.8, 4) is 0 Å². The molecule has 0 aromatic carbocycles. The Morgan fingerprint density at radius 3 is 2.75 bits per heavy atom. The van der Waals surface area contributed by atoms with E-state index in [9.17, 15) is 13.2 Å². The maximum atomic E-state index is 11.8. The third-order valence-electron chi connectivity index (χ3n) is 2.59. The van der Waals surface area contributed by atoms with Crippen LogP contribution in [0.2, 0.25) is 0 Å². The Hall–Kier alpha value is -1.71. The van der Waals surface area contributed by atoms with E-state index in [0.29, 0.717) is 11.3 Å². The van der Waals surface area contributed by atoms with Crippen molar-refractivity contribution in [2.24, 2.45) is 0 Å². The van der Waals surface area contributed by atoms with Crippen LogP contribution >= 0.6 is 11.3 Å². The second kappa shape index (κ2) is 5.73. The number of aryl methyl sites for hydroxylation is 1. The summed E-state index contributed by atoms with van der Waals surface area (Å²) >= 11 is 1.08. The molecular formula is C11H13N3O4S2. The van der Waals surface area contributed by atoms with Crippen LogP contribution < -0.4 is 10.0 Å². The lowest BCUT2D eigenvalue weighted by Gasteiger charge is -2.04. The van der Waals surface area contributed by atoms with Crippen molar-refractivity contribution in [2.45, 2.75) is 18.1 Å². The summed E-state index contributed by atoms with van der Waals surface area (Å²) in [5, 5.41) is 7.80. The Morgan fingerprint density at radius 2 is 2.20 bits per heavy atom. The molecule has 2 N–H and O–H groups in total. The molecule has 0 saturated heterocycles. The van der Waals surface area contributed by atoms with Gasteiger partial charge in [-0.2, -0.15) is 0 Å². The van der Waals surface area contributed by atoms with E-state index in [2.05, 4.69) is 15.2 Å². The molecule has 0 bridgehead atoms. The van der Waals surface area contributed by atoms with Gasteiger partial charge in [0.2, 0.25) is 11.8 Å². The second-order valence-corrected chi connectivity index (χ2v) is 6.97. The van der Waals surface area contributed by atoms with Gasteiger partial charge in [-0.05, 0) is 25.3 Å². The Bertz CT molecular complexity index is 704. The first-order chi connectivity index (χ1) is 9.40. The van der Waals surface area contributed by atoms with Gasteiger partial charge in [0.05, 0.1) is 12.2 Å². The molecule has 2 rings (SSSR count). The summed E-state index contributed by atoms with van der Waals surface area (Å²) < 4.78 is 30.9. The molecule has 2 aromatic rings. The van der Waals surface area contributed by atoms with Crippen LogP contribution in [0.1, 0.15) is 11.3 Å². The van der Waals surface area contributed by atoms with E-state index in [0.717, 1.165) is 11.3 Å². The third kappa shape index (κ3) is 3.24. The number of nitrogens with one attached hydrogen (secondary N) is 2. The van der Waals surface area contributed by atoms with Crippen LogP contribution in [0.5, 0.6) is 0 Å². The van der Waals surface area contributed by atoms with Gasteiger partial charge in [-0.3, -0.25) is 10.1 Å². The van der Waals surface area contributed by atoms with Crippen LogP contribution in [0.15, 0.2) is 26.2 Å². The summed E-state index contributed by atoms with van der Waals surface area (Å²) in [7, 11) is -3.65. The van der Waals surface area contributed by atoms with E-state index >= 15 is 0 Å². The molecule has 2 aromatic heterocycles. The summed E-state index contributed by atoms with van der Waals surface area (Å²) in [6, 6.07) is 3.09. The fourth-order valence-electron chi connectivity index (χ4n) is 1.35. The zero-order valence-electron chi connectivity index (χ0n) is 10.8. The van der Waals surface area contributed by atoms with Gasteiger partial charge in [0.15, 0.2) is 0 Å². The van der Waals surface area contributed by atoms with Crippen molar-refractivity contribution in [2.75, 3.05) is 11.9 Å². The molecule has 1 amide bonds. The van der Waals surface area contributed by atoms with E-state index in [1.807, 2.05) is 0 Å². The molecule has 0 aliphatic heterocycles. The fourth-order valence-corrected chi connectivity index (χ4v) is 3.37. The Labute approximate surface area is 120 Å². The van der Waals surface area contributed by atoms with Gasteiger partial charge < -0.3 is 4.52 Å². The Kier molecular flexibility index (Phi) is 4.21. The first-order valence-electron chi connectivity index (χ1n) is 5.66. The molecule has 9 heteroatoms. The minimum absolute atomic E-state index is 0.164. The van der Waals surface area contributed by atoms with Crippen LogP contribution in [-0.2, 0) is 14.8 Å². The third-order valence-corrected chi connectivity index (χ3v) is 5.39. The highest BCUT2D eigenvalue weighted by atomic mass is 32.2. The number of hydrogen-bond acceptors (Lipinski definition) is 6. The maximum Gasteiger partial charge on any atom is 0.250 e. The van der Waals surface area contributed by atoms with Crippen LogP contribution in [-0.4, -0.2) is 26.0 Å². The van der Waals surface area contributed by atoms with Gasteiger partial charge >= 0.3 is 0 Å². The predicted molar refractivity (Wildman–Crippen MR) is 74.1 cm³/mol. The molecule has 108 valence electrons. The quantitative estimate of drug-likeness (QED) is 0.865. The number of rotatable bonds is 5. The van der Waals surface area contributed by atoms with Gasteiger partial charge in [0.1, 0.15) is 4.21 Å². The SMILES string of the molecule is Cc1noc(NC(=O)CNS(=O)(=O)c2cccs2)c1C. The predicted octanol–water partition coefficient (Wildman–Crippen LogP) is 1.27. The number of thiophene rings is 1. The van der Waals surface area contributed by atoms with Crippen LogP contribution in [0.25, 0.3) is 0 Å². The summed E-state index contributed by atoms with van der Waals surface area (Å²) in [5.41, 5.74) is 1.37. The molecule has 0 saturated carbocycles. The van der Waals surface area contributed by atoms with E-state index in [1.54, 1.807) is 25.3 Å². The van der Waals surface area contributed by atoms with E-state index in [-0.39, 0.29) is 16.6 Å². The number of carbonyl (C=O) groups is 1. The summed E-state index contributed by atoms with van der Waals surface area (Å²) in [5.74, 6) is -0.299. The summed E-state index contributed by atoms with van der Waals surface area (Å²) in [4.78, 5) is 11.7. The number of anilines is 1. The standard InChI is InChI=1S/C11H13N3O4S2/c1-7-8(2)14-18-11(7)13-9(15)6-12-20(16,17)10-4-3-5-19-10/h3-5,12H,6H2,1-2H3,(H,13,15). The molecule has 20 heavy (non-hydrogen) atoms. The van der Waals surface area contributed by atoms with Gasteiger partial charge in [-0.15, -0.1) is 11.3 Å². The lowest BCUT2D eigenvalue weighted by atomic mass is 10.3. The first-order valence-corrected chi connectivity index (χ1v) is 8.02. The topological polar surface area (TPSA) is 101 Å². The average molecular weight is 315 g/mol. The zero-order chi connectivity index (χ0) is 14.8. The molecule has 0 fully saturated rings. The van der Waals surface area contributed by atoms with Gasteiger partial charge in [-0.25, -0.2) is 13.1 Å². The smallest absolute Gasteiger partial charge is 0.250 e. The number of carbonyl (C=O) groups excluding carboxylic acids is 1. The lowest BCUT2D eigenvalue weighted by Crippen LogP contribution is -2.32. The van der Waals surface area contributed by atoms with Crippen molar-refractivity contribution in [3.05, 3.63) is 28.8 Å². The first kappa shape index (κ1) is 14.7. The molecule has 0 unspecified atom stereocenters. The van der Waals surface area contributed by atoms with Crippen molar-refractivity contribution >= 4 is 33.2 Å². The number of sulfonamides is 1. The molecule has 0 aliphatic carbocycles. The van der Waals surface area contributed by atoms with Crippen LogP contribution in [0.4, 0.5) is 5.88 Å². The van der Waals surface area contributed by atoms with Gasteiger partial charge in [0.25, 0.3) is 10.0 Å². The molecule has 0 spiro atoms. The number of hydrogen-bond donors (Lipinski definition) is 2. The maximum absolute atomic E-state index is 11.8. The molecule has 0 atom stereocenters. The Morgan fingerprint density at radius 1 is 1.45 bits per heavy atom. The van der Waals surface area contributed by atoms with Gasteiger partial charge in [0, 0.05) is 5.56 Å². The lowest BCUT2D eigenvalue weighted by molar-refractivity contribution is -0.115. The van der Waals surface area contributed by atoms with E-state index in [4.69, 9.17) is 4.52 Å². The summed E-state index contributed by atoms with van der Waals surface area (Å²) in [6.45, 7) is 3.12. The highest BCUT2D eigenvalue weighted by Gasteiger charge is 2.17. The Balaban J connectivity index is 1.95. The number of nitrogens with zero attached hydrogens (tertiary/aromatic N) is 1. The minimum atomic E-state index is -3.65. The molecule has 0 aliphatic rings. The number of amides is 1.